The Labute approximate surface area is 108 Å². The number of benzene rings is 1. The van der Waals surface area contributed by atoms with E-state index < -0.39 is 6.04 Å². The van der Waals surface area contributed by atoms with Gasteiger partial charge >= 0.3 is 0 Å². The summed E-state index contributed by atoms with van der Waals surface area (Å²) in [4.78, 5) is 13.6. The highest BCUT2D eigenvalue weighted by molar-refractivity contribution is 6.31. The zero-order valence-corrected chi connectivity index (χ0v) is 11.2. The van der Waals surface area contributed by atoms with E-state index in [1.54, 1.807) is 11.9 Å². The Kier molecular flexibility index (Phi) is 4.97. The van der Waals surface area contributed by atoms with Crippen LogP contribution in [-0.4, -0.2) is 23.9 Å². The minimum absolute atomic E-state index is 0.0556. The molecule has 1 aromatic carbocycles. The van der Waals surface area contributed by atoms with E-state index in [2.05, 4.69) is 0 Å². The summed E-state index contributed by atoms with van der Waals surface area (Å²) in [7, 11) is 1.74. The van der Waals surface area contributed by atoms with E-state index in [0.29, 0.717) is 11.6 Å². The van der Waals surface area contributed by atoms with Gasteiger partial charge in [0.15, 0.2) is 0 Å². The second-order valence-electron chi connectivity index (χ2n) is 4.56. The molecule has 1 atom stereocenters. The molecule has 1 amide bonds. The lowest BCUT2D eigenvalue weighted by Crippen LogP contribution is -2.44. The molecule has 0 unspecified atom stereocenters. The van der Waals surface area contributed by atoms with Crippen LogP contribution in [0.15, 0.2) is 24.3 Å². The maximum Gasteiger partial charge on any atom is 0.239 e. The predicted octanol–water partition coefficient (Wildman–Crippen LogP) is 2.28. The summed E-state index contributed by atoms with van der Waals surface area (Å²) in [6.45, 7) is 4.36. The van der Waals surface area contributed by atoms with Gasteiger partial charge in [-0.2, -0.15) is 0 Å². The second-order valence-corrected chi connectivity index (χ2v) is 4.96. The Morgan fingerprint density at radius 1 is 1.41 bits per heavy atom. The Morgan fingerprint density at radius 3 is 2.53 bits per heavy atom. The van der Waals surface area contributed by atoms with Crippen molar-refractivity contribution in [2.24, 2.45) is 11.7 Å². The van der Waals surface area contributed by atoms with E-state index in [0.717, 1.165) is 5.56 Å². The number of likely N-dealkylation sites (N-methyl/N-ethyl adjacent to an activating group) is 1. The van der Waals surface area contributed by atoms with Gasteiger partial charge in [-0.15, -0.1) is 0 Å². The summed E-state index contributed by atoms with van der Waals surface area (Å²) in [5, 5.41) is 0.672. The summed E-state index contributed by atoms with van der Waals surface area (Å²) in [6.07, 6.45) is 0. The van der Waals surface area contributed by atoms with E-state index in [4.69, 9.17) is 17.3 Å². The minimum atomic E-state index is -0.456. The van der Waals surface area contributed by atoms with Gasteiger partial charge in [0.05, 0.1) is 6.04 Å². The Morgan fingerprint density at radius 2 is 2.00 bits per heavy atom. The summed E-state index contributed by atoms with van der Waals surface area (Å²) < 4.78 is 0. The number of carbonyl (C=O) groups is 1. The molecule has 94 valence electrons. The molecule has 0 fully saturated rings. The largest absolute Gasteiger partial charge is 0.340 e. The van der Waals surface area contributed by atoms with Crippen LogP contribution in [-0.2, 0) is 11.3 Å². The average molecular weight is 255 g/mol. The fourth-order valence-electron chi connectivity index (χ4n) is 1.50. The van der Waals surface area contributed by atoms with Crippen LogP contribution in [0.3, 0.4) is 0 Å². The highest BCUT2D eigenvalue weighted by Crippen LogP contribution is 2.17. The molecule has 0 saturated carbocycles. The van der Waals surface area contributed by atoms with Gasteiger partial charge in [0.2, 0.25) is 5.91 Å². The van der Waals surface area contributed by atoms with E-state index in [1.165, 1.54) is 0 Å². The van der Waals surface area contributed by atoms with Crippen molar-refractivity contribution >= 4 is 17.5 Å². The molecule has 1 aromatic rings. The van der Waals surface area contributed by atoms with Crippen molar-refractivity contribution in [3.8, 4) is 0 Å². The normalized spacial score (nSPS) is 12.6. The van der Waals surface area contributed by atoms with Gasteiger partial charge in [-0.25, -0.2) is 0 Å². The Bertz CT molecular complexity index is 393. The highest BCUT2D eigenvalue weighted by Gasteiger charge is 2.21. The topological polar surface area (TPSA) is 46.3 Å². The molecule has 2 N–H and O–H groups in total. The number of rotatable bonds is 4. The van der Waals surface area contributed by atoms with E-state index in [9.17, 15) is 4.79 Å². The third kappa shape index (κ3) is 3.72. The number of halogens is 1. The maximum absolute atomic E-state index is 12.0. The highest BCUT2D eigenvalue weighted by atomic mass is 35.5. The van der Waals surface area contributed by atoms with E-state index >= 15 is 0 Å². The van der Waals surface area contributed by atoms with Gasteiger partial charge in [-0.1, -0.05) is 43.6 Å². The fraction of sp³-hybridized carbons (Fsp3) is 0.462. The Hall–Kier alpha value is -1.06. The first kappa shape index (κ1) is 14.0. The monoisotopic (exact) mass is 254 g/mol. The summed E-state index contributed by atoms with van der Waals surface area (Å²) in [5.74, 6) is 0.0797. The molecule has 0 saturated heterocycles. The Balaban J connectivity index is 2.70. The molecular weight excluding hydrogens is 236 g/mol. The van der Waals surface area contributed by atoms with Crippen LogP contribution in [0.1, 0.15) is 19.4 Å². The van der Waals surface area contributed by atoms with Crippen LogP contribution in [0.2, 0.25) is 5.02 Å². The number of carbonyl (C=O) groups excluding carboxylic acids is 1. The lowest BCUT2D eigenvalue weighted by molar-refractivity contribution is -0.132. The molecule has 0 radical (unpaired) electrons. The summed E-state index contributed by atoms with van der Waals surface area (Å²) >= 11 is 6.05. The fourth-order valence-corrected chi connectivity index (χ4v) is 1.70. The smallest absolute Gasteiger partial charge is 0.239 e. The molecule has 0 aliphatic carbocycles. The molecular formula is C13H19ClN2O. The lowest BCUT2D eigenvalue weighted by atomic mass is 10.0. The quantitative estimate of drug-likeness (QED) is 0.896. The second kappa shape index (κ2) is 6.03. The summed E-state index contributed by atoms with van der Waals surface area (Å²) in [6, 6.07) is 7.04. The van der Waals surface area contributed by atoms with Crippen LogP contribution in [0.4, 0.5) is 0 Å². The first-order valence-corrected chi connectivity index (χ1v) is 6.05. The predicted molar refractivity (Wildman–Crippen MR) is 70.7 cm³/mol. The first-order chi connectivity index (χ1) is 7.93. The van der Waals surface area contributed by atoms with Gasteiger partial charge in [-0.05, 0) is 17.5 Å². The number of nitrogens with zero attached hydrogens (tertiary/aromatic N) is 1. The molecule has 0 spiro atoms. The van der Waals surface area contributed by atoms with Crippen molar-refractivity contribution in [1.29, 1.82) is 0 Å². The van der Waals surface area contributed by atoms with Crippen LogP contribution >= 0.6 is 11.6 Å². The standard InChI is InChI=1S/C13H19ClN2O/c1-9(2)12(15)13(17)16(3)8-10-6-4-5-7-11(10)14/h4-7,9,12H,8,15H2,1-3H3/t12-/m1/s1. The van der Waals surface area contributed by atoms with E-state index in [-0.39, 0.29) is 11.8 Å². The van der Waals surface area contributed by atoms with Crippen LogP contribution in [0, 0.1) is 5.92 Å². The van der Waals surface area contributed by atoms with Crippen molar-refractivity contribution in [2.45, 2.75) is 26.4 Å². The van der Waals surface area contributed by atoms with Gasteiger partial charge in [0.1, 0.15) is 0 Å². The molecule has 0 bridgehead atoms. The molecule has 1 rings (SSSR count). The number of hydrogen-bond donors (Lipinski definition) is 1. The number of hydrogen-bond acceptors (Lipinski definition) is 2. The van der Waals surface area contributed by atoms with Crippen LogP contribution in [0.5, 0.6) is 0 Å². The number of nitrogens with two attached hydrogens (primary N) is 1. The first-order valence-electron chi connectivity index (χ1n) is 5.67. The number of amides is 1. The molecule has 0 aliphatic heterocycles. The zero-order chi connectivity index (χ0) is 13.0. The molecule has 4 heteroatoms. The maximum atomic E-state index is 12.0. The average Bonchev–Trinajstić information content (AvgIpc) is 2.30. The van der Waals surface area contributed by atoms with Crippen molar-refractivity contribution in [2.75, 3.05) is 7.05 Å². The minimum Gasteiger partial charge on any atom is -0.340 e. The van der Waals surface area contributed by atoms with Gasteiger partial charge in [-0.3, -0.25) is 4.79 Å². The van der Waals surface area contributed by atoms with Gasteiger partial charge < -0.3 is 10.6 Å². The third-order valence-corrected chi connectivity index (χ3v) is 3.11. The van der Waals surface area contributed by atoms with E-state index in [1.807, 2.05) is 38.1 Å². The lowest BCUT2D eigenvalue weighted by Gasteiger charge is -2.23. The van der Waals surface area contributed by atoms with Gasteiger partial charge in [0.25, 0.3) is 0 Å². The van der Waals surface area contributed by atoms with Crippen molar-refractivity contribution in [1.82, 2.24) is 4.90 Å². The molecule has 0 heterocycles. The van der Waals surface area contributed by atoms with Crippen molar-refractivity contribution < 1.29 is 4.79 Å². The SMILES string of the molecule is CC(C)[C@@H](N)C(=O)N(C)Cc1ccccc1Cl. The van der Waals surface area contributed by atoms with Crippen molar-refractivity contribution in [3.63, 3.8) is 0 Å². The van der Waals surface area contributed by atoms with Crippen LogP contribution < -0.4 is 5.73 Å². The summed E-state index contributed by atoms with van der Waals surface area (Å²) in [5.41, 5.74) is 6.76. The molecule has 3 nitrogen and oxygen atoms in total. The van der Waals surface area contributed by atoms with Crippen LogP contribution in [0.25, 0.3) is 0 Å². The molecule has 17 heavy (non-hydrogen) atoms. The third-order valence-electron chi connectivity index (χ3n) is 2.74. The molecule has 0 aliphatic rings. The zero-order valence-electron chi connectivity index (χ0n) is 10.5. The van der Waals surface area contributed by atoms with Gasteiger partial charge in [0, 0.05) is 18.6 Å². The molecule has 0 aromatic heterocycles. The van der Waals surface area contributed by atoms with Crippen molar-refractivity contribution in [3.05, 3.63) is 34.9 Å².